The number of carbonyl (C=O) groups excluding carboxylic acids is 1. The molecule has 0 bridgehead atoms. The molecule has 0 aromatic heterocycles. The lowest BCUT2D eigenvalue weighted by Gasteiger charge is -2.04. The molecule has 0 aromatic carbocycles. The van der Waals surface area contributed by atoms with Crippen molar-refractivity contribution in [1.29, 1.82) is 5.26 Å². The van der Waals surface area contributed by atoms with E-state index in [0.717, 1.165) is 0 Å². The van der Waals surface area contributed by atoms with Crippen LogP contribution in [0.1, 0.15) is 0 Å². The van der Waals surface area contributed by atoms with Gasteiger partial charge in [-0.25, -0.2) is 0 Å². The molecule has 0 aliphatic rings. The Morgan fingerprint density at radius 2 is 1.86 bits per heavy atom. The van der Waals surface area contributed by atoms with Crippen molar-refractivity contribution in [2.24, 2.45) is 4.99 Å². The molecule has 0 rings (SSSR count). The highest BCUT2D eigenvalue weighted by atomic mass is 16.1. The number of hydrogen-bond donors (Lipinski definition) is 0. The van der Waals surface area contributed by atoms with Gasteiger partial charge in [0.15, 0.2) is 0 Å². The van der Waals surface area contributed by atoms with E-state index in [9.17, 15) is 4.79 Å². The predicted molar refractivity (Wildman–Crippen MR) is 54.6 cm³/mol. The van der Waals surface area contributed by atoms with Crippen LogP contribution in [0.3, 0.4) is 0 Å². The van der Waals surface area contributed by atoms with E-state index in [-0.39, 0.29) is 5.57 Å². The second-order valence-electron chi connectivity index (χ2n) is 3.13. The van der Waals surface area contributed by atoms with Crippen molar-refractivity contribution in [1.82, 2.24) is 9.80 Å². The van der Waals surface area contributed by atoms with Crippen LogP contribution >= 0.6 is 0 Å². The first-order valence-electron chi connectivity index (χ1n) is 4.00. The molecule has 76 valence electrons. The summed E-state index contributed by atoms with van der Waals surface area (Å²) >= 11 is 0. The topological polar surface area (TPSA) is 59.7 Å². The van der Waals surface area contributed by atoms with Crippen LogP contribution in [0, 0.1) is 11.3 Å². The molecule has 0 aliphatic carbocycles. The van der Waals surface area contributed by atoms with Crippen molar-refractivity contribution in [3.05, 3.63) is 11.8 Å². The summed E-state index contributed by atoms with van der Waals surface area (Å²) in [7, 11) is 6.97. The van der Waals surface area contributed by atoms with E-state index < -0.39 is 5.91 Å². The summed E-state index contributed by atoms with van der Waals surface area (Å²) < 4.78 is 0. The van der Waals surface area contributed by atoms with Gasteiger partial charge in [-0.1, -0.05) is 0 Å². The molecule has 14 heavy (non-hydrogen) atoms. The second-order valence-corrected chi connectivity index (χ2v) is 3.13. The van der Waals surface area contributed by atoms with E-state index in [0.29, 0.717) is 0 Å². The molecule has 0 saturated carbocycles. The van der Waals surface area contributed by atoms with E-state index >= 15 is 0 Å². The molecule has 0 unspecified atom stereocenters. The zero-order valence-electron chi connectivity index (χ0n) is 8.85. The number of rotatable bonds is 3. The molecular weight excluding hydrogens is 180 g/mol. The van der Waals surface area contributed by atoms with Crippen LogP contribution in [0.4, 0.5) is 0 Å². The molecule has 0 radical (unpaired) electrons. The Morgan fingerprint density at radius 1 is 1.29 bits per heavy atom. The number of nitriles is 1. The summed E-state index contributed by atoms with van der Waals surface area (Å²) in [6.07, 6.45) is 2.80. The number of aliphatic imine (C=N–C) groups is 1. The fraction of sp³-hybridized carbons (Fsp3) is 0.444. The number of amides is 1. The second kappa shape index (κ2) is 5.75. The Kier molecular flexibility index (Phi) is 5.00. The third-order valence-electron chi connectivity index (χ3n) is 1.14. The first-order valence-corrected chi connectivity index (χ1v) is 4.00. The number of nitrogens with zero attached hydrogens (tertiary/aromatic N) is 4. The van der Waals surface area contributed by atoms with Crippen LogP contribution in [0.2, 0.25) is 0 Å². The maximum atomic E-state index is 11.3. The predicted octanol–water partition coefficient (Wildman–Crippen LogP) is 0.0720. The van der Waals surface area contributed by atoms with Crippen LogP contribution in [0.25, 0.3) is 0 Å². The Balaban J connectivity index is 4.59. The third kappa shape index (κ3) is 4.93. The minimum absolute atomic E-state index is 0.0214. The molecule has 0 fully saturated rings. The molecule has 0 spiro atoms. The van der Waals surface area contributed by atoms with Gasteiger partial charge in [-0.3, -0.25) is 4.79 Å². The van der Waals surface area contributed by atoms with Crippen LogP contribution in [0.5, 0.6) is 0 Å². The van der Waals surface area contributed by atoms with Gasteiger partial charge in [0.05, 0.1) is 6.34 Å². The van der Waals surface area contributed by atoms with Crippen LogP contribution in [-0.4, -0.2) is 50.2 Å². The maximum Gasteiger partial charge on any atom is 0.290 e. The quantitative estimate of drug-likeness (QED) is 0.276. The molecule has 0 N–H and O–H groups in total. The smallest absolute Gasteiger partial charge is 0.290 e. The minimum atomic E-state index is -0.532. The van der Waals surface area contributed by atoms with E-state index in [1.54, 1.807) is 44.1 Å². The number of carbonyl (C=O) groups is 1. The van der Waals surface area contributed by atoms with Gasteiger partial charge in [0.25, 0.3) is 5.91 Å². The van der Waals surface area contributed by atoms with E-state index in [4.69, 9.17) is 5.26 Å². The minimum Gasteiger partial charge on any atom is -0.382 e. The summed E-state index contributed by atoms with van der Waals surface area (Å²) in [4.78, 5) is 18.1. The Labute approximate surface area is 83.9 Å². The molecule has 0 atom stereocenters. The summed E-state index contributed by atoms with van der Waals surface area (Å²) in [6, 6.07) is 1.79. The summed E-state index contributed by atoms with van der Waals surface area (Å²) in [6.45, 7) is 0. The summed E-state index contributed by atoms with van der Waals surface area (Å²) in [5.41, 5.74) is 0.0214. The lowest BCUT2D eigenvalue weighted by Crippen LogP contribution is -2.11. The van der Waals surface area contributed by atoms with Gasteiger partial charge in [0.2, 0.25) is 0 Å². The molecule has 5 nitrogen and oxygen atoms in total. The van der Waals surface area contributed by atoms with Crippen LogP contribution in [-0.2, 0) is 4.79 Å². The van der Waals surface area contributed by atoms with Gasteiger partial charge >= 0.3 is 0 Å². The van der Waals surface area contributed by atoms with Crippen LogP contribution < -0.4 is 0 Å². The highest BCUT2D eigenvalue weighted by Crippen LogP contribution is 1.96. The fourth-order valence-electron chi connectivity index (χ4n) is 0.628. The summed E-state index contributed by atoms with van der Waals surface area (Å²) in [5.74, 6) is -0.532. The van der Waals surface area contributed by atoms with Gasteiger partial charge in [0, 0.05) is 34.4 Å². The normalized spacial score (nSPS) is 11.2. The van der Waals surface area contributed by atoms with E-state index in [1.807, 2.05) is 0 Å². The molecule has 0 heterocycles. The van der Waals surface area contributed by atoms with Crippen molar-refractivity contribution in [3.8, 4) is 6.07 Å². The van der Waals surface area contributed by atoms with Crippen molar-refractivity contribution in [2.45, 2.75) is 0 Å². The van der Waals surface area contributed by atoms with Crippen LogP contribution in [0.15, 0.2) is 16.8 Å². The van der Waals surface area contributed by atoms with Gasteiger partial charge < -0.3 is 9.80 Å². The summed E-state index contributed by atoms with van der Waals surface area (Å²) in [5, 5.41) is 8.66. The average Bonchev–Trinajstić information content (AvgIpc) is 2.09. The zero-order valence-corrected chi connectivity index (χ0v) is 8.85. The third-order valence-corrected chi connectivity index (χ3v) is 1.14. The fourth-order valence-corrected chi connectivity index (χ4v) is 0.628. The lowest BCUT2D eigenvalue weighted by atomic mass is 10.3. The van der Waals surface area contributed by atoms with E-state index in [2.05, 4.69) is 4.99 Å². The Bertz CT molecular complexity index is 296. The van der Waals surface area contributed by atoms with Crippen molar-refractivity contribution >= 4 is 12.2 Å². The monoisotopic (exact) mass is 194 g/mol. The largest absolute Gasteiger partial charge is 0.382 e. The SMILES string of the molecule is CN(C)C=NC(=O)/C(C#N)=C/N(C)C. The Morgan fingerprint density at radius 3 is 2.21 bits per heavy atom. The standard InChI is InChI=1S/C9H14N4O/c1-12(2)6-8(5-10)9(14)11-7-13(3)4/h6-7H,1-4H3/b8-6+,11-7?. The van der Waals surface area contributed by atoms with Crippen molar-refractivity contribution < 1.29 is 4.79 Å². The average molecular weight is 194 g/mol. The first-order chi connectivity index (χ1) is 6.47. The van der Waals surface area contributed by atoms with Crippen molar-refractivity contribution in [3.63, 3.8) is 0 Å². The van der Waals surface area contributed by atoms with E-state index in [1.165, 1.54) is 12.5 Å². The van der Waals surface area contributed by atoms with Gasteiger partial charge in [-0.05, 0) is 0 Å². The van der Waals surface area contributed by atoms with Gasteiger partial charge in [-0.15, -0.1) is 0 Å². The molecule has 0 aliphatic heterocycles. The van der Waals surface area contributed by atoms with Gasteiger partial charge in [-0.2, -0.15) is 10.3 Å². The first kappa shape index (κ1) is 12.2. The van der Waals surface area contributed by atoms with Gasteiger partial charge in [0.1, 0.15) is 11.6 Å². The zero-order chi connectivity index (χ0) is 11.1. The molecule has 0 saturated heterocycles. The Hall–Kier alpha value is -1.83. The lowest BCUT2D eigenvalue weighted by molar-refractivity contribution is -0.114. The highest BCUT2D eigenvalue weighted by Gasteiger charge is 2.06. The van der Waals surface area contributed by atoms with Crippen molar-refractivity contribution in [2.75, 3.05) is 28.2 Å². The molecular formula is C9H14N4O. The molecule has 5 heteroatoms. The molecule has 1 amide bonds. The maximum absolute atomic E-state index is 11.3. The number of hydrogen-bond acceptors (Lipinski definition) is 3. The molecule has 0 aromatic rings. The highest BCUT2D eigenvalue weighted by molar-refractivity contribution is 6.01.